The highest BCUT2D eigenvalue weighted by Gasteiger charge is 2.20. The Bertz CT molecular complexity index is 634. The van der Waals surface area contributed by atoms with Gasteiger partial charge in [0.2, 0.25) is 0 Å². The number of para-hydroxylation sites is 2. The molecule has 2 N–H and O–H groups in total. The first-order chi connectivity index (χ1) is 11.8. The molecule has 3 rings (SSSR count). The van der Waals surface area contributed by atoms with Crippen LogP contribution in [-0.4, -0.2) is 38.4 Å². The second-order valence-corrected chi connectivity index (χ2v) is 5.81. The van der Waals surface area contributed by atoms with Crippen molar-refractivity contribution in [2.24, 2.45) is 0 Å². The summed E-state index contributed by atoms with van der Waals surface area (Å²) in [5, 5.41) is 5.70. The van der Waals surface area contributed by atoms with E-state index >= 15 is 0 Å². The second kappa shape index (κ2) is 8.36. The quantitative estimate of drug-likeness (QED) is 0.888. The molecule has 0 aliphatic carbocycles. The predicted octanol–water partition coefficient (Wildman–Crippen LogP) is 3.10. The van der Waals surface area contributed by atoms with Crippen molar-refractivity contribution in [3.05, 3.63) is 60.7 Å². The number of nitrogens with zero attached hydrogens (tertiary/aromatic N) is 1. The van der Waals surface area contributed by atoms with Crippen molar-refractivity contribution in [1.82, 2.24) is 5.32 Å². The standard InChI is InChI=1S/C19H23N3O2/c23-19(21-16-7-3-1-4-8-16)20-12-11-18-15-22(13-14-24-18)17-9-5-2-6-10-17/h1-10,18H,11-15H2,(H2,20,21,23). The van der Waals surface area contributed by atoms with Gasteiger partial charge in [0.05, 0.1) is 12.7 Å². The summed E-state index contributed by atoms with van der Waals surface area (Å²) in [5.41, 5.74) is 2.01. The van der Waals surface area contributed by atoms with Gasteiger partial charge in [-0.2, -0.15) is 0 Å². The minimum atomic E-state index is -0.183. The molecule has 2 aromatic carbocycles. The Morgan fingerprint density at radius 2 is 1.79 bits per heavy atom. The summed E-state index contributed by atoms with van der Waals surface area (Å²) in [5.74, 6) is 0. The van der Waals surface area contributed by atoms with Gasteiger partial charge in [-0.15, -0.1) is 0 Å². The molecule has 2 aromatic rings. The van der Waals surface area contributed by atoms with E-state index in [0.717, 1.165) is 31.8 Å². The van der Waals surface area contributed by atoms with E-state index in [1.54, 1.807) is 0 Å². The first-order valence-electron chi connectivity index (χ1n) is 8.33. The number of urea groups is 1. The largest absolute Gasteiger partial charge is 0.374 e. The molecule has 1 atom stereocenters. The van der Waals surface area contributed by atoms with Gasteiger partial charge in [0.1, 0.15) is 0 Å². The van der Waals surface area contributed by atoms with Crippen molar-refractivity contribution in [3.8, 4) is 0 Å². The summed E-state index contributed by atoms with van der Waals surface area (Å²) < 4.78 is 5.82. The van der Waals surface area contributed by atoms with Crippen LogP contribution in [0.2, 0.25) is 0 Å². The van der Waals surface area contributed by atoms with Gasteiger partial charge < -0.3 is 20.3 Å². The third-order valence-electron chi connectivity index (χ3n) is 4.04. The smallest absolute Gasteiger partial charge is 0.319 e. The lowest BCUT2D eigenvalue weighted by Gasteiger charge is -2.34. The average Bonchev–Trinajstić information content (AvgIpc) is 2.63. The van der Waals surface area contributed by atoms with Crippen LogP contribution in [-0.2, 0) is 4.74 Å². The van der Waals surface area contributed by atoms with Crippen molar-refractivity contribution in [2.45, 2.75) is 12.5 Å². The number of carbonyl (C=O) groups excluding carboxylic acids is 1. The first kappa shape index (κ1) is 16.3. The molecule has 0 aromatic heterocycles. The summed E-state index contributed by atoms with van der Waals surface area (Å²) in [7, 11) is 0. The van der Waals surface area contributed by atoms with Gasteiger partial charge >= 0.3 is 6.03 Å². The lowest BCUT2D eigenvalue weighted by atomic mass is 10.2. The third kappa shape index (κ3) is 4.73. The van der Waals surface area contributed by atoms with Crippen LogP contribution in [0, 0.1) is 0 Å². The van der Waals surface area contributed by atoms with Crippen LogP contribution >= 0.6 is 0 Å². The van der Waals surface area contributed by atoms with Gasteiger partial charge in [-0.1, -0.05) is 36.4 Å². The Hall–Kier alpha value is -2.53. The first-order valence-corrected chi connectivity index (χ1v) is 8.33. The van der Waals surface area contributed by atoms with Gasteiger partial charge in [0.25, 0.3) is 0 Å². The van der Waals surface area contributed by atoms with Crippen LogP contribution in [0.4, 0.5) is 16.2 Å². The van der Waals surface area contributed by atoms with Gasteiger partial charge in [-0.05, 0) is 30.7 Å². The summed E-state index contributed by atoms with van der Waals surface area (Å²) >= 11 is 0. The van der Waals surface area contributed by atoms with Gasteiger partial charge in [-0.3, -0.25) is 0 Å². The predicted molar refractivity (Wildman–Crippen MR) is 96.5 cm³/mol. The lowest BCUT2D eigenvalue weighted by Crippen LogP contribution is -2.44. The molecule has 1 aliphatic heterocycles. The fourth-order valence-corrected chi connectivity index (χ4v) is 2.81. The van der Waals surface area contributed by atoms with Gasteiger partial charge in [0, 0.05) is 31.0 Å². The number of rotatable bonds is 5. The molecule has 5 nitrogen and oxygen atoms in total. The molecule has 0 radical (unpaired) electrons. The Labute approximate surface area is 142 Å². The normalized spacial score (nSPS) is 17.3. The van der Waals surface area contributed by atoms with E-state index in [0.29, 0.717) is 6.54 Å². The lowest BCUT2D eigenvalue weighted by molar-refractivity contribution is 0.0360. The fourth-order valence-electron chi connectivity index (χ4n) is 2.81. The second-order valence-electron chi connectivity index (χ2n) is 5.81. The molecular formula is C19H23N3O2. The van der Waals surface area contributed by atoms with Gasteiger partial charge in [-0.25, -0.2) is 4.79 Å². The minimum Gasteiger partial charge on any atom is -0.374 e. The van der Waals surface area contributed by atoms with Crippen LogP contribution in [0.15, 0.2) is 60.7 Å². The zero-order chi connectivity index (χ0) is 16.6. The van der Waals surface area contributed by atoms with Crippen molar-refractivity contribution < 1.29 is 9.53 Å². The number of amides is 2. The molecule has 126 valence electrons. The number of anilines is 2. The number of hydrogen-bond acceptors (Lipinski definition) is 3. The zero-order valence-corrected chi connectivity index (χ0v) is 13.7. The van der Waals surface area contributed by atoms with Crippen molar-refractivity contribution >= 4 is 17.4 Å². The SMILES string of the molecule is O=C(NCCC1CN(c2ccccc2)CCO1)Nc1ccccc1. The van der Waals surface area contributed by atoms with Crippen LogP contribution in [0.3, 0.4) is 0 Å². The molecule has 0 spiro atoms. The number of ether oxygens (including phenoxy) is 1. The number of carbonyl (C=O) groups is 1. The molecule has 1 aliphatic rings. The Balaban J connectivity index is 1.41. The molecule has 1 saturated heterocycles. The number of benzene rings is 2. The molecule has 1 unspecified atom stereocenters. The van der Waals surface area contributed by atoms with Crippen LogP contribution in [0.1, 0.15) is 6.42 Å². The molecule has 0 saturated carbocycles. The highest BCUT2D eigenvalue weighted by Crippen LogP contribution is 2.18. The minimum absolute atomic E-state index is 0.135. The number of hydrogen-bond donors (Lipinski definition) is 2. The Morgan fingerprint density at radius 3 is 2.54 bits per heavy atom. The molecule has 0 bridgehead atoms. The summed E-state index contributed by atoms with van der Waals surface area (Å²) in [6, 6.07) is 19.6. The van der Waals surface area contributed by atoms with E-state index in [-0.39, 0.29) is 12.1 Å². The Morgan fingerprint density at radius 1 is 1.08 bits per heavy atom. The molecule has 1 fully saturated rings. The number of nitrogens with one attached hydrogen (secondary N) is 2. The van der Waals surface area contributed by atoms with Crippen LogP contribution in [0.5, 0.6) is 0 Å². The van der Waals surface area contributed by atoms with Crippen molar-refractivity contribution in [3.63, 3.8) is 0 Å². The molecule has 5 heteroatoms. The van der Waals surface area contributed by atoms with Crippen molar-refractivity contribution in [1.29, 1.82) is 0 Å². The van der Waals surface area contributed by atoms with E-state index < -0.39 is 0 Å². The highest BCUT2D eigenvalue weighted by atomic mass is 16.5. The zero-order valence-electron chi connectivity index (χ0n) is 13.7. The maximum Gasteiger partial charge on any atom is 0.319 e. The number of morpholine rings is 1. The van der Waals surface area contributed by atoms with E-state index in [1.807, 2.05) is 36.4 Å². The van der Waals surface area contributed by atoms with E-state index in [9.17, 15) is 4.79 Å². The highest BCUT2D eigenvalue weighted by molar-refractivity contribution is 5.89. The van der Waals surface area contributed by atoms with Crippen LogP contribution in [0.25, 0.3) is 0 Å². The summed E-state index contributed by atoms with van der Waals surface area (Å²) in [6.45, 7) is 3.07. The van der Waals surface area contributed by atoms with E-state index in [1.165, 1.54) is 5.69 Å². The molecule has 2 amide bonds. The maximum atomic E-state index is 11.9. The monoisotopic (exact) mass is 325 g/mol. The average molecular weight is 325 g/mol. The topological polar surface area (TPSA) is 53.6 Å². The molecular weight excluding hydrogens is 302 g/mol. The summed E-state index contributed by atoms with van der Waals surface area (Å²) in [6.07, 6.45) is 0.932. The van der Waals surface area contributed by atoms with Crippen molar-refractivity contribution in [2.75, 3.05) is 36.5 Å². The van der Waals surface area contributed by atoms with Gasteiger partial charge in [0.15, 0.2) is 0 Å². The molecule has 24 heavy (non-hydrogen) atoms. The third-order valence-corrected chi connectivity index (χ3v) is 4.04. The van der Waals surface area contributed by atoms with Crippen LogP contribution < -0.4 is 15.5 Å². The maximum absolute atomic E-state index is 11.9. The fraction of sp³-hybridized carbons (Fsp3) is 0.316. The Kier molecular flexibility index (Phi) is 5.69. The van der Waals surface area contributed by atoms with E-state index in [4.69, 9.17) is 4.74 Å². The summed E-state index contributed by atoms with van der Waals surface area (Å²) in [4.78, 5) is 14.2. The van der Waals surface area contributed by atoms with E-state index in [2.05, 4.69) is 39.8 Å². The molecule has 1 heterocycles.